The number of nitrogens with one attached hydrogen (secondary N) is 2. The Morgan fingerprint density at radius 2 is 1.79 bits per heavy atom. The van der Waals surface area contributed by atoms with Gasteiger partial charge in [0.2, 0.25) is 5.91 Å². The first kappa shape index (κ1) is 23.2. The van der Waals surface area contributed by atoms with Crippen molar-refractivity contribution in [2.45, 2.75) is 77.1 Å². The Morgan fingerprint density at radius 1 is 1.10 bits per heavy atom. The lowest BCUT2D eigenvalue weighted by molar-refractivity contribution is -0.137. The Bertz CT molecular complexity index is 613. The molecule has 0 aromatic rings. The minimum atomic E-state index is -0.767. The molecule has 2 aliphatic heterocycles. The summed E-state index contributed by atoms with van der Waals surface area (Å²) in [6.45, 7) is 5.70. The van der Waals surface area contributed by atoms with Crippen LogP contribution in [0, 0.1) is 11.8 Å². The lowest BCUT2D eigenvalue weighted by Gasteiger charge is -2.27. The molecule has 4 atom stereocenters. The van der Waals surface area contributed by atoms with Crippen LogP contribution in [0.15, 0.2) is 12.2 Å². The zero-order chi connectivity index (χ0) is 21.4. The highest BCUT2D eigenvalue weighted by Crippen LogP contribution is 2.44. The minimum Gasteiger partial charge on any atom is -0.481 e. The van der Waals surface area contributed by atoms with Crippen molar-refractivity contribution in [1.82, 2.24) is 10.6 Å². The third-order valence-electron chi connectivity index (χ3n) is 5.25. The predicted octanol–water partition coefficient (Wildman–Crippen LogP) is 2.62. The van der Waals surface area contributed by atoms with Gasteiger partial charge in [0.1, 0.15) is 5.60 Å². The van der Waals surface area contributed by atoms with Gasteiger partial charge in [-0.1, -0.05) is 12.2 Å². The zero-order valence-electron chi connectivity index (χ0n) is 17.6. The summed E-state index contributed by atoms with van der Waals surface area (Å²) in [6.07, 6.45) is 8.45. The van der Waals surface area contributed by atoms with Crippen LogP contribution in [0.3, 0.4) is 0 Å². The zero-order valence-corrected chi connectivity index (χ0v) is 17.6. The molecule has 2 saturated heterocycles. The van der Waals surface area contributed by atoms with Gasteiger partial charge in [-0.05, 0) is 58.8 Å². The molecule has 8 heteroatoms. The molecule has 0 aromatic heterocycles. The lowest BCUT2D eigenvalue weighted by atomic mass is 9.77. The molecule has 29 heavy (non-hydrogen) atoms. The summed E-state index contributed by atoms with van der Waals surface area (Å²) < 4.78 is 11.2. The molecular formula is C21H34N2O6. The summed E-state index contributed by atoms with van der Waals surface area (Å²) in [4.78, 5) is 34.3. The molecule has 0 radical (unpaired) electrons. The van der Waals surface area contributed by atoms with E-state index in [9.17, 15) is 14.4 Å². The van der Waals surface area contributed by atoms with E-state index in [0.717, 1.165) is 25.7 Å². The van der Waals surface area contributed by atoms with Crippen LogP contribution < -0.4 is 10.6 Å². The molecule has 2 rings (SSSR count). The Balaban J connectivity index is 1.72. The van der Waals surface area contributed by atoms with Crippen LogP contribution in [0.2, 0.25) is 0 Å². The predicted molar refractivity (Wildman–Crippen MR) is 107 cm³/mol. The largest absolute Gasteiger partial charge is 0.481 e. The molecule has 2 bridgehead atoms. The van der Waals surface area contributed by atoms with Crippen LogP contribution in [0.25, 0.3) is 0 Å². The number of fused-ring (bicyclic) bond motifs is 2. The number of hydrogen-bond donors (Lipinski definition) is 3. The van der Waals surface area contributed by atoms with Crippen LogP contribution in [-0.4, -0.2) is 54.0 Å². The van der Waals surface area contributed by atoms with E-state index < -0.39 is 17.7 Å². The van der Waals surface area contributed by atoms with E-state index in [1.807, 2.05) is 6.08 Å². The van der Waals surface area contributed by atoms with E-state index in [4.69, 9.17) is 14.6 Å². The standard InChI is InChI=1S/C21H34N2O6/c1-21(2,3)29-20(27)23-13-18(24)22-12-15-14(16-10-11-17(15)28-16)8-6-4-5-7-9-19(25)26/h4,6,14-17H,5,7-13H2,1-3H3,(H,22,24)(H,23,27)(H,25,26)/b6-4-/t14-,15+,16+,17-/m1/s1. The second-order valence-electron chi connectivity index (χ2n) is 8.77. The normalized spacial score (nSPS) is 25.9. The number of unbranched alkanes of at least 4 members (excludes halogenated alkanes) is 1. The average molecular weight is 411 g/mol. The van der Waals surface area contributed by atoms with Crippen LogP contribution in [-0.2, 0) is 19.1 Å². The van der Waals surface area contributed by atoms with Crippen molar-refractivity contribution in [3.05, 3.63) is 12.2 Å². The van der Waals surface area contributed by atoms with Crippen molar-refractivity contribution in [2.24, 2.45) is 11.8 Å². The van der Waals surface area contributed by atoms with Gasteiger partial charge in [-0.25, -0.2) is 4.79 Å². The van der Waals surface area contributed by atoms with E-state index in [-0.39, 0.29) is 37.0 Å². The molecule has 164 valence electrons. The number of carbonyl (C=O) groups is 3. The number of allylic oxidation sites excluding steroid dienone is 2. The first-order valence-corrected chi connectivity index (χ1v) is 10.4. The molecule has 0 spiro atoms. The molecule has 0 aromatic carbocycles. The molecular weight excluding hydrogens is 376 g/mol. The SMILES string of the molecule is CC(C)(C)OC(=O)NCC(=O)NC[C@H]1[C@@H](C/C=C\CCCC(=O)O)[C@@H]2CC[C@H]1O2. The van der Waals surface area contributed by atoms with E-state index >= 15 is 0 Å². The van der Waals surface area contributed by atoms with Crippen LogP contribution in [0.4, 0.5) is 4.79 Å². The maximum absolute atomic E-state index is 12.1. The van der Waals surface area contributed by atoms with Crippen molar-refractivity contribution in [3.8, 4) is 0 Å². The number of carboxylic acids is 1. The number of alkyl carbamates (subject to hydrolysis) is 1. The third kappa shape index (κ3) is 8.04. The van der Waals surface area contributed by atoms with E-state index in [1.54, 1.807) is 20.8 Å². The topological polar surface area (TPSA) is 114 Å². The monoisotopic (exact) mass is 410 g/mol. The lowest BCUT2D eigenvalue weighted by Crippen LogP contribution is -2.43. The van der Waals surface area contributed by atoms with Gasteiger partial charge in [0.05, 0.1) is 18.8 Å². The number of ether oxygens (including phenoxy) is 2. The van der Waals surface area contributed by atoms with Crippen LogP contribution in [0.1, 0.15) is 59.3 Å². The summed E-state index contributed by atoms with van der Waals surface area (Å²) in [6, 6.07) is 0. The van der Waals surface area contributed by atoms with Gasteiger partial charge < -0.3 is 25.2 Å². The summed E-state index contributed by atoms with van der Waals surface area (Å²) in [5.41, 5.74) is -0.602. The fourth-order valence-electron chi connectivity index (χ4n) is 3.98. The quantitative estimate of drug-likeness (QED) is 0.377. The maximum Gasteiger partial charge on any atom is 0.408 e. The molecule has 2 aliphatic rings. The first-order valence-electron chi connectivity index (χ1n) is 10.4. The summed E-state index contributed by atoms with van der Waals surface area (Å²) in [7, 11) is 0. The number of amides is 2. The number of carbonyl (C=O) groups excluding carboxylic acids is 2. The van der Waals surface area contributed by atoms with Gasteiger partial charge in [-0.3, -0.25) is 9.59 Å². The summed E-state index contributed by atoms with van der Waals surface area (Å²) >= 11 is 0. The van der Waals surface area contributed by atoms with Crippen LogP contribution in [0.5, 0.6) is 0 Å². The number of aliphatic carboxylic acids is 1. The van der Waals surface area contributed by atoms with Crippen molar-refractivity contribution in [2.75, 3.05) is 13.1 Å². The van der Waals surface area contributed by atoms with Crippen LogP contribution >= 0.6 is 0 Å². The molecule has 8 nitrogen and oxygen atoms in total. The Morgan fingerprint density at radius 3 is 2.45 bits per heavy atom. The highest BCUT2D eigenvalue weighted by Gasteiger charge is 2.47. The number of carboxylic acid groups (broad SMARTS) is 1. The van der Waals surface area contributed by atoms with Crippen molar-refractivity contribution in [3.63, 3.8) is 0 Å². The second kappa shape index (κ2) is 10.6. The van der Waals surface area contributed by atoms with Crippen molar-refractivity contribution < 1.29 is 29.0 Å². The molecule has 0 saturated carbocycles. The van der Waals surface area contributed by atoms with E-state index in [0.29, 0.717) is 18.9 Å². The first-order chi connectivity index (χ1) is 13.7. The molecule has 2 amide bonds. The van der Waals surface area contributed by atoms with E-state index in [1.165, 1.54) is 0 Å². The minimum absolute atomic E-state index is 0.120. The van der Waals surface area contributed by atoms with Crippen molar-refractivity contribution in [1.29, 1.82) is 0 Å². The average Bonchev–Trinajstić information content (AvgIpc) is 3.21. The Kier molecular flexibility index (Phi) is 8.49. The number of rotatable bonds is 10. The molecule has 2 fully saturated rings. The molecule has 0 unspecified atom stereocenters. The van der Waals surface area contributed by atoms with Gasteiger partial charge in [-0.2, -0.15) is 0 Å². The number of hydrogen-bond acceptors (Lipinski definition) is 5. The molecule has 3 N–H and O–H groups in total. The van der Waals surface area contributed by atoms with Gasteiger partial charge in [0.15, 0.2) is 0 Å². The van der Waals surface area contributed by atoms with Gasteiger partial charge in [0.25, 0.3) is 0 Å². The van der Waals surface area contributed by atoms with Gasteiger partial charge >= 0.3 is 12.1 Å². The van der Waals surface area contributed by atoms with E-state index in [2.05, 4.69) is 16.7 Å². The second-order valence-corrected chi connectivity index (χ2v) is 8.77. The smallest absolute Gasteiger partial charge is 0.408 e. The highest BCUT2D eigenvalue weighted by atomic mass is 16.6. The fourth-order valence-corrected chi connectivity index (χ4v) is 3.98. The molecule has 2 heterocycles. The maximum atomic E-state index is 12.1. The van der Waals surface area contributed by atoms with Gasteiger partial charge in [-0.15, -0.1) is 0 Å². The molecule has 0 aliphatic carbocycles. The highest BCUT2D eigenvalue weighted by molar-refractivity contribution is 5.82. The summed E-state index contributed by atoms with van der Waals surface area (Å²) in [5, 5.41) is 14.0. The third-order valence-corrected chi connectivity index (χ3v) is 5.25. The Labute approximate surface area is 172 Å². The fraction of sp³-hybridized carbons (Fsp3) is 0.762. The summed E-state index contributed by atoms with van der Waals surface area (Å²) in [5.74, 6) is -0.412. The van der Waals surface area contributed by atoms with Gasteiger partial charge in [0, 0.05) is 18.9 Å². The van der Waals surface area contributed by atoms with Crippen molar-refractivity contribution >= 4 is 18.0 Å². The Hall–Kier alpha value is -2.09.